The molecule has 2 nitrogen and oxygen atoms in total. The minimum Gasteiger partial charge on any atom is -0.390 e. The number of hydrogen-bond acceptors (Lipinski definition) is 2. The molecule has 0 bridgehead atoms. The zero-order valence-corrected chi connectivity index (χ0v) is 9.54. The SMILES string of the molecule is CCC(CC)CCC(O)C1CCCO1. The largest absolute Gasteiger partial charge is 0.390 e. The van der Waals surface area contributed by atoms with Crippen LogP contribution in [0.4, 0.5) is 0 Å². The molecule has 0 aromatic rings. The van der Waals surface area contributed by atoms with Crippen molar-refractivity contribution in [3.63, 3.8) is 0 Å². The molecule has 14 heavy (non-hydrogen) atoms. The number of aliphatic hydroxyl groups is 1. The second-order valence-corrected chi connectivity index (χ2v) is 4.38. The van der Waals surface area contributed by atoms with Crippen LogP contribution in [-0.4, -0.2) is 23.9 Å². The summed E-state index contributed by atoms with van der Waals surface area (Å²) in [5, 5.41) is 9.86. The highest BCUT2D eigenvalue weighted by Crippen LogP contribution is 2.22. The lowest BCUT2D eigenvalue weighted by Gasteiger charge is -2.19. The van der Waals surface area contributed by atoms with Crippen LogP contribution >= 0.6 is 0 Å². The van der Waals surface area contributed by atoms with Crippen molar-refractivity contribution in [2.75, 3.05) is 6.61 Å². The third kappa shape index (κ3) is 3.58. The first-order valence-electron chi connectivity index (χ1n) is 6.07. The van der Waals surface area contributed by atoms with Crippen LogP contribution in [-0.2, 0) is 4.74 Å². The van der Waals surface area contributed by atoms with E-state index in [1.807, 2.05) is 0 Å². The molecule has 1 heterocycles. The van der Waals surface area contributed by atoms with Crippen molar-refractivity contribution < 1.29 is 9.84 Å². The quantitative estimate of drug-likeness (QED) is 0.714. The minimum absolute atomic E-state index is 0.129. The molecule has 0 aromatic carbocycles. The molecule has 0 radical (unpaired) electrons. The molecule has 1 rings (SSSR count). The number of ether oxygens (including phenoxy) is 1. The smallest absolute Gasteiger partial charge is 0.0834 e. The van der Waals surface area contributed by atoms with Crippen LogP contribution in [0.15, 0.2) is 0 Å². The summed E-state index contributed by atoms with van der Waals surface area (Å²) in [6.45, 7) is 5.30. The Balaban J connectivity index is 2.15. The van der Waals surface area contributed by atoms with Gasteiger partial charge in [-0.25, -0.2) is 0 Å². The summed E-state index contributed by atoms with van der Waals surface area (Å²) < 4.78 is 5.46. The fraction of sp³-hybridized carbons (Fsp3) is 1.00. The minimum atomic E-state index is -0.224. The Morgan fingerprint density at radius 1 is 1.29 bits per heavy atom. The van der Waals surface area contributed by atoms with E-state index in [1.54, 1.807) is 0 Å². The van der Waals surface area contributed by atoms with E-state index in [4.69, 9.17) is 4.74 Å². The molecule has 2 heteroatoms. The highest BCUT2D eigenvalue weighted by Gasteiger charge is 2.24. The summed E-state index contributed by atoms with van der Waals surface area (Å²) in [5.41, 5.74) is 0. The van der Waals surface area contributed by atoms with Crippen LogP contribution < -0.4 is 0 Å². The van der Waals surface area contributed by atoms with E-state index in [2.05, 4.69) is 13.8 Å². The van der Waals surface area contributed by atoms with E-state index in [9.17, 15) is 5.11 Å². The van der Waals surface area contributed by atoms with Crippen LogP contribution in [0.25, 0.3) is 0 Å². The average molecular weight is 200 g/mol. The summed E-state index contributed by atoms with van der Waals surface area (Å²) in [6, 6.07) is 0. The van der Waals surface area contributed by atoms with Gasteiger partial charge < -0.3 is 9.84 Å². The van der Waals surface area contributed by atoms with E-state index < -0.39 is 0 Å². The molecule has 0 saturated carbocycles. The standard InChI is InChI=1S/C12H24O2/c1-3-10(4-2)7-8-11(13)12-6-5-9-14-12/h10-13H,3-9H2,1-2H3. The fourth-order valence-electron chi connectivity index (χ4n) is 2.20. The van der Waals surface area contributed by atoms with Gasteiger partial charge in [0.05, 0.1) is 12.2 Å². The van der Waals surface area contributed by atoms with Crippen LogP contribution in [0.1, 0.15) is 52.4 Å². The monoisotopic (exact) mass is 200 g/mol. The average Bonchev–Trinajstić information content (AvgIpc) is 2.72. The summed E-state index contributed by atoms with van der Waals surface area (Å²) in [4.78, 5) is 0. The van der Waals surface area contributed by atoms with E-state index >= 15 is 0 Å². The lowest BCUT2D eigenvalue weighted by atomic mass is 9.94. The predicted octanol–water partition coefficient (Wildman–Crippen LogP) is 2.74. The second kappa shape index (κ2) is 6.41. The zero-order valence-electron chi connectivity index (χ0n) is 9.54. The maximum atomic E-state index is 9.86. The molecule has 0 spiro atoms. The Morgan fingerprint density at radius 2 is 2.00 bits per heavy atom. The van der Waals surface area contributed by atoms with Crippen molar-refractivity contribution in [1.29, 1.82) is 0 Å². The topological polar surface area (TPSA) is 29.5 Å². The molecule has 2 atom stereocenters. The first-order valence-corrected chi connectivity index (χ1v) is 6.07. The third-order valence-corrected chi connectivity index (χ3v) is 3.42. The Morgan fingerprint density at radius 3 is 2.50 bits per heavy atom. The van der Waals surface area contributed by atoms with Crippen LogP contribution in [0, 0.1) is 5.92 Å². The maximum absolute atomic E-state index is 9.86. The van der Waals surface area contributed by atoms with Crippen molar-refractivity contribution in [1.82, 2.24) is 0 Å². The molecule has 1 N–H and O–H groups in total. The lowest BCUT2D eigenvalue weighted by Crippen LogP contribution is -2.25. The molecule has 1 aliphatic rings. The molecule has 84 valence electrons. The van der Waals surface area contributed by atoms with Gasteiger partial charge in [-0.15, -0.1) is 0 Å². The van der Waals surface area contributed by atoms with Crippen molar-refractivity contribution in [3.05, 3.63) is 0 Å². The molecule has 2 unspecified atom stereocenters. The molecule has 0 amide bonds. The van der Waals surface area contributed by atoms with Gasteiger partial charge in [0.1, 0.15) is 0 Å². The molecule has 1 fully saturated rings. The molecular weight excluding hydrogens is 176 g/mol. The van der Waals surface area contributed by atoms with E-state index in [0.29, 0.717) is 0 Å². The fourth-order valence-corrected chi connectivity index (χ4v) is 2.20. The van der Waals surface area contributed by atoms with Gasteiger partial charge in [0, 0.05) is 6.61 Å². The predicted molar refractivity (Wildman–Crippen MR) is 58.3 cm³/mol. The van der Waals surface area contributed by atoms with Gasteiger partial charge in [-0.05, 0) is 31.6 Å². The van der Waals surface area contributed by atoms with Gasteiger partial charge in [-0.3, -0.25) is 0 Å². The molecule has 1 saturated heterocycles. The van der Waals surface area contributed by atoms with Gasteiger partial charge in [0.15, 0.2) is 0 Å². The van der Waals surface area contributed by atoms with Gasteiger partial charge in [-0.1, -0.05) is 26.7 Å². The van der Waals surface area contributed by atoms with E-state index in [0.717, 1.165) is 38.2 Å². The Bertz CT molecular complexity index is 137. The van der Waals surface area contributed by atoms with Gasteiger partial charge in [-0.2, -0.15) is 0 Å². The van der Waals surface area contributed by atoms with Crippen LogP contribution in [0.5, 0.6) is 0 Å². The summed E-state index contributed by atoms with van der Waals surface area (Å²) >= 11 is 0. The number of aliphatic hydroxyl groups excluding tert-OH is 1. The summed E-state index contributed by atoms with van der Waals surface area (Å²) in [7, 11) is 0. The van der Waals surface area contributed by atoms with E-state index in [1.165, 1.54) is 12.8 Å². The highest BCUT2D eigenvalue weighted by atomic mass is 16.5. The Hall–Kier alpha value is -0.0800. The normalized spacial score (nSPS) is 24.4. The lowest BCUT2D eigenvalue weighted by molar-refractivity contribution is -0.00818. The van der Waals surface area contributed by atoms with E-state index in [-0.39, 0.29) is 12.2 Å². The van der Waals surface area contributed by atoms with Crippen LogP contribution in [0.2, 0.25) is 0 Å². The Labute approximate surface area is 87.7 Å². The van der Waals surface area contributed by atoms with Crippen molar-refractivity contribution >= 4 is 0 Å². The maximum Gasteiger partial charge on any atom is 0.0834 e. The zero-order chi connectivity index (χ0) is 10.4. The highest BCUT2D eigenvalue weighted by molar-refractivity contribution is 4.74. The Kier molecular flexibility index (Phi) is 5.49. The second-order valence-electron chi connectivity index (χ2n) is 4.38. The summed E-state index contributed by atoms with van der Waals surface area (Å²) in [6.07, 6.45) is 6.59. The van der Waals surface area contributed by atoms with Crippen molar-refractivity contribution in [3.8, 4) is 0 Å². The first kappa shape index (κ1) is 12.0. The van der Waals surface area contributed by atoms with Crippen LogP contribution in [0.3, 0.4) is 0 Å². The molecule has 1 aliphatic heterocycles. The van der Waals surface area contributed by atoms with Crippen molar-refractivity contribution in [2.45, 2.75) is 64.6 Å². The van der Waals surface area contributed by atoms with Crippen molar-refractivity contribution in [2.24, 2.45) is 5.92 Å². The first-order chi connectivity index (χ1) is 6.77. The number of hydrogen-bond donors (Lipinski definition) is 1. The molecular formula is C12H24O2. The van der Waals surface area contributed by atoms with Gasteiger partial charge in [0.25, 0.3) is 0 Å². The molecule has 0 aliphatic carbocycles. The molecule has 0 aromatic heterocycles. The third-order valence-electron chi connectivity index (χ3n) is 3.42. The van der Waals surface area contributed by atoms with Gasteiger partial charge in [0.2, 0.25) is 0 Å². The van der Waals surface area contributed by atoms with Gasteiger partial charge >= 0.3 is 0 Å². The summed E-state index contributed by atoms with van der Waals surface area (Å²) in [5.74, 6) is 0.783. The number of rotatable bonds is 6.